The number of halogens is 2. The number of rotatable bonds is 4. The SMILES string of the molecule is CNC(c1ccc(Cl)cc1Cl)C(C)c1ccccc1. The fourth-order valence-electron chi connectivity index (χ4n) is 2.38. The van der Waals surface area contributed by atoms with Crippen LogP contribution < -0.4 is 5.32 Å². The molecule has 2 unspecified atom stereocenters. The predicted molar refractivity (Wildman–Crippen MR) is 83.1 cm³/mol. The van der Waals surface area contributed by atoms with Crippen LogP contribution in [0.25, 0.3) is 0 Å². The van der Waals surface area contributed by atoms with E-state index in [4.69, 9.17) is 23.2 Å². The first-order valence-electron chi connectivity index (χ1n) is 6.30. The van der Waals surface area contributed by atoms with Gasteiger partial charge in [0, 0.05) is 22.0 Å². The Morgan fingerprint density at radius 1 is 1.00 bits per heavy atom. The van der Waals surface area contributed by atoms with E-state index in [1.165, 1.54) is 5.56 Å². The zero-order valence-electron chi connectivity index (χ0n) is 11.0. The van der Waals surface area contributed by atoms with Crippen LogP contribution in [0.1, 0.15) is 30.0 Å². The van der Waals surface area contributed by atoms with Gasteiger partial charge < -0.3 is 5.32 Å². The average molecular weight is 294 g/mol. The summed E-state index contributed by atoms with van der Waals surface area (Å²) < 4.78 is 0. The topological polar surface area (TPSA) is 12.0 Å². The van der Waals surface area contributed by atoms with Gasteiger partial charge in [0.2, 0.25) is 0 Å². The molecule has 0 saturated carbocycles. The molecule has 100 valence electrons. The lowest BCUT2D eigenvalue weighted by Crippen LogP contribution is -2.22. The monoisotopic (exact) mass is 293 g/mol. The van der Waals surface area contributed by atoms with E-state index in [1.807, 2.05) is 25.2 Å². The van der Waals surface area contributed by atoms with E-state index >= 15 is 0 Å². The first-order valence-corrected chi connectivity index (χ1v) is 7.06. The van der Waals surface area contributed by atoms with Crippen LogP contribution in [0.4, 0.5) is 0 Å². The van der Waals surface area contributed by atoms with Gasteiger partial charge >= 0.3 is 0 Å². The largest absolute Gasteiger partial charge is 0.312 e. The molecule has 0 heterocycles. The Balaban J connectivity index is 2.34. The van der Waals surface area contributed by atoms with Crippen molar-refractivity contribution in [2.45, 2.75) is 18.9 Å². The number of benzene rings is 2. The number of likely N-dealkylation sites (N-methyl/N-ethyl adjacent to an activating group) is 1. The van der Waals surface area contributed by atoms with Gasteiger partial charge in [0.15, 0.2) is 0 Å². The maximum Gasteiger partial charge on any atom is 0.0468 e. The molecule has 1 nitrogen and oxygen atoms in total. The average Bonchev–Trinajstić information content (AvgIpc) is 2.42. The zero-order chi connectivity index (χ0) is 13.8. The number of nitrogens with one attached hydrogen (secondary N) is 1. The summed E-state index contributed by atoms with van der Waals surface area (Å²) in [4.78, 5) is 0. The van der Waals surface area contributed by atoms with Gasteiger partial charge in [-0.2, -0.15) is 0 Å². The van der Waals surface area contributed by atoms with Gasteiger partial charge in [-0.3, -0.25) is 0 Å². The third-order valence-corrected chi connectivity index (χ3v) is 4.00. The summed E-state index contributed by atoms with van der Waals surface area (Å²) in [6, 6.07) is 16.2. The molecule has 0 spiro atoms. The molecule has 19 heavy (non-hydrogen) atoms. The molecule has 3 heteroatoms. The van der Waals surface area contributed by atoms with Gasteiger partial charge in [0.25, 0.3) is 0 Å². The Morgan fingerprint density at radius 2 is 1.68 bits per heavy atom. The van der Waals surface area contributed by atoms with E-state index in [0.29, 0.717) is 16.0 Å². The van der Waals surface area contributed by atoms with Crippen molar-refractivity contribution in [1.82, 2.24) is 5.32 Å². The van der Waals surface area contributed by atoms with E-state index in [0.717, 1.165) is 5.56 Å². The lowest BCUT2D eigenvalue weighted by molar-refractivity contribution is 0.508. The van der Waals surface area contributed by atoms with Crippen molar-refractivity contribution < 1.29 is 0 Å². The minimum absolute atomic E-state index is 0.159. The Morgan fingerprint density at radius 3 is 2.26 bits per heavy atom. The minimum Gasteiger partial charge on any atom is -0.312 e. The molecule has 0 aliphatic carbocycles. The van der Waals surface area contributed by atoms with Crippen molar-refractivity contribution in [3.63, 3.8) is 0 Å². The van der Waals surface area contributed by atoms with Crippen molar-refractivity contribution in [2.24, 2.45) is 0 Å². The minimum atomic E-state index is 0.159. The second-order valence-corrected chi connectivity index (χ2v) is 5.48. The third-order valence-electron chi connectivity index (χ3n) is 3.43. The summed E-state index contributed by atoms with van der Waals surface area (Å²) >= 11 is 12.3. The molecule has 0 saturated heterocycles. The molecule has 0 aromatic heterocycles. The molecule has 0 radical (unpaired) electrons. The Labute approximate surface area is 124 Å². The predicted octanol–water partition coefficient (Wildman–Crippen LogP) is 5.06. The van der Waals surface area contributed by atoms with Gasteiger partial charge in [-0.25, -0.2) is 0 Å². The molecule has 0 fully saturated rings. The number of hydrogen-bond acceptors (Lipinski definition) is 1. The van der Waals surface area contributed by atoms with Crippen LogP contribution in [0.2, 0.25) is 10.0 Å². The van der Waals surface area contributed by atoms with E-state index in [9.17, 15) is 0 Å². The highest BCUT2D eigenvalue weighted by Gasteiger charge is 2.21. The molecular weight excluding hydrogens is 277 g/mol. The highest BCUT2D eigenvalue weighted by Crippen LogP contribution is 2.35. The van der Waals surface area contributed by atoms with E-state index in [-0.39, 0.29) is 6.04 Å². The molecule has 2 atom stereocenters. The molecule has 2 aromatic carbocycles. The maximum atomic E-state index is 6.31. The van der Waals surface area contributed by atoms with Crippen molar-refractivity contribution in [1.29, 1.82) is 0 Å². The van der Waals surface area contributed by atoms with Crippen molar-refractivity contribution in [2.75, 3.05) is 7.05 Å². The van der Waals surface area contributed by atoms with Crippen LogP contribution in [0, 0.1) is 0 Å². The highest BCUT2D eigenvalue weighted by atomic mass is 35.5. The van der Waals surface area contributed by atoms with Crippen molar-refractivity contribution in [3.8, 4) is 0 Å². The molecule has 0 aliphatic heterocycles. The van der Waals surface area contributed by atoms with Gasteiger partial charge in [0.05, 0.1) is 0 Å². The van der Waals surface area contributed by atoms with E-state index in [1.54, 1.807) is 6.07 Å². The summed E-state index contributed by atoms with van der Waals surface area (Å²) in [5.41, 5.74) is 2.36. The number of hydrogen-bond donors (Lipinski definition) is 1. The van der Waals surface area contributed by atoms with Gasteiger partial charge in [-0.15, -0.1) is 0 Å². The van der Waals surface area contributed by atoms with Gasteiger partial charge in [0.1, 0.15) is 0 Å². The molecule has 0 aliphatic rings. The van der Waals surface area contributed by atoms with Gasteiger partial charge in [-0.1, -0.05) is 66.5 Å². The molecule has 1 N–H and O–H groups in total. The first kappa shape index (κ1) is 14.4. The molecule has 0 amide bonds. The van der Waals surface area contributed by atoms with Crippen molar-refractivity contribution >= 4 is 23.2 Å². The highest BCUT2D eigenvalue weighted by molar-refractivity contribution is 6.35. The summed E-state index contributed by atoms with van der Waals surface area (Å²) in [6.45, 7) is 2.20. The molecule has 0 bridgehead atoms. The van der Waals surface area contributed by atoms with Crippen LogP contribution in [-0.2, 0) is 0 Å². The lowest BCUT2D eigenvalue weighted by Gasteiger charge is -2.25. The lowest BCUT2D eigenvalue weighted by atomic mass is 9.88. The zero-order valence-corrected chi connectivity index (χ0v) is 12.5. The normalized spacial score (nSPS) is 14.1. The Bertz CT molecular complexity index is 540. The fourth-order valence-corrected chi connectivity index (χ4v) is 2.90. The molecule has 2 aromatic rings. The van der Waals surface area contributed by atoms with Crippen LogP contribution in [0.3, 0.4) is 0 Å². The summed E-state index contributed by atoms with van der Waals surface area (Å²) in [5, 5.41) is 4.72. The van der Waals surface area contributed by atoms with Gasteiger partial charge in [-0.05, 0) is 30.3 Å². The van der Waals surface area contributed by atoms with Crippen LogP contribution >= 0.6 is 23.2 Å². The molecular formula is C16H17Cl2N. The first-order chi connectivity index (χ1) is 9.13. The summed E-state index contributed by atoms with van der Waals surface area (Å²) in [6.07, 6.45) is 0. The smallest absolute Gasteiger partial charge is 0.0468 e. The standard InChI is InChI=1S/C16H17Cl2N/c1-11(12-6-4-3-5-7-12)16(19-2)14-9-8-13(17)10-15(14)18/h3-11,16,19H,1-2H3. The summed E-state index contributed by atoms with van der Waals surface area (Å²) in [7, 11) is 1.95. The fraction of sp³-hybridized carbons (Fsp3) is 0.250. The quantitative estimate of drug-likeness (QED) is 0.831. The Hall–Kier alpha value is -1.02. The van der Waals surface area contributed by atoms with E-state index in [2.05, 4.69) is 36.5 Å². The van der Waals surface area contributed by atoms with Crippen molar-refractivity contribution in [3.05, 3.63) is 69.7 Å². The Kier molecular flexibility index (Phi) is 4.87. The second kappa shape index (κ2) is 6.42. The second-order valence-electron chi connectivity index (χ2n) is 4.63. The maximum absolute atomic E-state index is 6.31. The summed E-state index contributed by atoms with van der Waals surface area (Å²) in [5.74, 6) is 0.324. The molecule has 2 rings (SSSR count). The van der Waals surface area contributed by atoms with Crippen LogP contribution in [0.15, 0.2) is 48.5 Å². The van der Waals surface area contributed by atoms with E-state index < -0.39 is 0 Å². The van der Waals surface area contributed by atoms with Crippen LogP contribution in [-0.4, -0.2) is 7.05 Å². The third kappa shape index (κ3) is 3.30. The van der Waals surface area contributed by atoms with Crippen LogP contribution in [0.5, 0.6) is 0 Å².